The van der Waals surface area contributed by atoms with Crippen molar-refractivity contribution in [1.82, 2.24) is 9.80 Å². The van der Waals surface area contributed by atoms with Gasteiger partial charge in [-0.1, -0.05) is 60.7 Å². The van der Waals surface area contributed by atoms with E-state index in [-0.39, 0.29) is 17.9 Å². The van der Waals surface area contributed by atoms with Crippen LogP contribution in [0.5, 0.6) is 0 Å². The first-order valence-electron chi connectivity index (χ1n) is 10.4. The van der Waals surface area contributed by atoms with Crippen LogP contribution in [-0.2, 0) is 4.79 Å². The van der Waals surface area contributed by atoms with E-state index in [2.05, 4.69) is 53.5 Å². The second-order valence-electron chi connectivity index (χ2n) is 7.90. The third-order valence-corrected chi connectivity index (χ3v) is 5.92. The van der Waals surface area contributed by atoms with Gasteiger partial charge in [-0.3, -0.25) is 19.6 Å². The molecule has 1 saturated heterocycles. The van der Waals surface area contributed by atoms with Gasteiger partial charge in [-0.15, -0.1) is 0 Å². The molecule has 0 radical (unpaired) electrons. The van der Waals surface area contributed by atoms with Crippen LogP contribution < -0.4 is 0 Å². The summed E-state index contributed by atoms with van der Waals surface area (Å²) < 4.78 is 0. The average molecular weight is 415 g/mol. The molecule has 2 aliphatic rings. The van der Waals surface area contributed by atoms with Gasteiger partial charge in [0.15, 0.2) is 0 Å². The third-order valence-electron chi connectivity index (χ3n) is 5.92. The van der Waals surface area contributed by atoms with Gasteiger partial charge in [-0.25, -0.2) is 9.79 Å². The van der Waals surface area contributed by atoms with E-state index in [0.717, 1.165) is 16.9 Å². The van der Waals surface area contributed by atoms with E-state index in [4.69, 9.17) is 4.99 Å². The summed E-state index contributed by atoms with van der Waals surface area (Å²) in [5, 5.41) is 0. The first kappa shape index (κ1) is 20.7. The highest BCUT2D eigenvalue weighted by molar-refractivity contribution is 6.33. The maximum Gasteiger partial charge on any atom is 0.331 e. The Morgan fingerprint density at radius 1 is 0.935 bits per heavy atom. The van der Waals surface area contributed by atoms with E-state index in [0.29, 0.717) is 18.1 Å². The molecule has 158 valence electrons. The molecule has 2 heterocycles. The fourth-order valence-corrected chi connectivity index (χ4v) is 4.20. The van der Waals surface area contributed by atoms with E-state index >= 15 is 0 Å². The summed E-state index contributed by atoms with van der Waals surface area (Å²) in [4.78, 5) is 37.0. The van der Waals surface area contributed by atoms with Crippen LogP contribution in [0, 0.1) is 5.92 Å². The van der Waals surface area contributed by atoms with Crippen molar-refractivity contribution in [2.75, 3.05) is 20.6 Å². The summed E-state index contributed by atoms with van der Waals surface area (Å²) >= 11 is 0. The van der Waals surface area contributed by atoms with Crippen molar-refractivity contribution in [1.29, 1.82) is 0 Å². The van der Waals surface area contributed by atoms with E-state index in [9.17, 15) is 9.59 Å². The number of rotatable bonds is 5. The summed E-state index contributed by atoms with van der Waals surface area (Å²) in [6.07, 6.45) is 2.50. The molecule has 0 bridgehead atoms. The van der Waals surface area contributed by atoms with Crippen LogP contribution in [0.25, 0.3) is 0 Å². The normalized spacial score (nSPS) is 20.1. The number of nitrogens with zero attached hydrogens (tertiary/aromatic N) is 4. The maximum absolute atomic E-state index is 12.9. The zero-order chi connectivity index (χ0) is 22.0. The van der Waals surface area contributed by atoms with Crippen molar-refractivity contribution in [2.45, 2.75) is 19.3 Å². The molecule has 4 rings (SSSR count). The van der Waals surface area contributed by atoms with Crippen LogP contribution >= 0.6 is 0 Å². The standard InChI is InChI=1S/C25H26N4O2/c1-17-16-27-23-21(24(30)29(3)25(31)28(23)2)22(17)26-15-14-20(18-10-6-4-7-11-18)19-12-8-5-9-13-19/h4-13,16,20-21H,14-15H2,1-3H3. The maximum atomic E-state index is 12.9. The zero-order valence-corrected chi connectivity index (χ0v) is 18.0. The fourth-order valence-electron chi connectivity index (χ4n) is 4.20. The first-order valence-corrected chi connectivity index (χ1v) is 10.4. The minimum Gasteiger partial charge on any atom is -0.288 e. The van der Waals surface area contributed by atoms with Gasteiger partial charge >= 0.3 is 6.03 Å². The average Bonchev–Trinajstić information content (AvgIpc) is 2.81. The van der Waals surface area contributed by atoms with E-state index in [1.54, 1.807) is 13.2 Å². The quantitative estimate of drug-likeness (QED) is 0.739. The molecule has 0 aliphatic carbocycles. The molecule has 0 spiro atoms. The minimum absolute atomic E-state index is 0.210. The molecular weight excluding hydrogens is 388 g/mol. The molecule has 2 aliphatic heterocycles. The van der Waals surface area contributed by atoms with Crippen LogP contribution in [0.4, 0.5) is 4.79 Å². The van der Waals surface area contributed by atoms with Crippen LogP contribution in [0.1, 0.15) is 30.4 Å². The summed E-state index contributed by atoms with van der Waals surface area (Å²) in [5.74, 6) is -0.262. The van der Waals surface area contributed by atoms with E-state index in [1.807, 2.05) is 19.1 Å². The van der Waals surface area contributed by atoms with Gasteiger partial charge in [-0.2, -0.15) is 0 Å². The summed E-state index contributed by atoms with van der Waals surface area (Å²) in [6, 6.07) is 20.4. The Labute approximate surface area is 182 Å². The first-order chi connectivity index (χ1) is 15.0. The monoisotopic (exact) mass is 414 g/mol. The summed E-state index contributed by atoms with van der Waals surface area (Å²) in [7, 11) is 3.15. The molecule has 1 atom stereocenters. The Kier molecular flexibility index (Phi) is 5.80. The molecule has 2 aromatic carbocycles. The number of amidine groups is 1. The van der Waals surface area contributed by atoms with Gasteiger partial charge in [0.1, 0.15) is 11.8 Å². The number of aliphatic imine (C=N–C) groups is 2. The van der Waals surface area contributed by atoms with Gasteiger partial charge in [0, 0.05) is 32.8 Å². The van der Waals surface area contributed by atoms with Crippen LogP contribution in [0.2, 0.25) is 0 Å². The lowest BCUT2D eigenvalue weighted by Crippen LogP contribution is -2.59. The Hall–Kier alpha value is -3.54. The smallest absolute Gasteiger partial charge is 0.288 e. The van der Waals surface area contributed by atoms with Crippen LogP contribution in [0.15, 0.2) is 82.4 Å². The number of carbonyl (C=O) groups is 2. The van der Waals surface area contributed by atoms with E-state index in [1.165, 1.54) is 23.1 Å². The molecule has 31 heavy (non-hydrogen) atoms. The molecule has 0 aromatic heterocycles. The van der Waals surface area contributed by atoms with Crippen molar-refractivity contribution < 1.29 is 9.59 Å². The molecule has 2 aromatic rings. The number of fused-ring (bicyclic) bond motifs is 1. The zero-order valence-electron chi connectivity index (χ0n) is 18.0. The van der Waals surface area contributed by atoms with Crippen molar-refractivity contribution in [3.63, 3.8) is 0 Å². The van der Waals surface area contributed by atoms with Gasteiger partial charge in [0.05, 0.1) is 5.71 Å². The number of urea groups is 1. The number of amides is 3. The summed E-state index contributed by atoms with van der Waals surface area (Å²) in [6.45, 7) is 2.47. The molecule has 6 nitrogen and oxygen atoms in total. The Balaban J connectivity index is 1.61. The van der Waals surface area contributed by atoms with Crippen molar-refractivity contribution in [2.24, 2.45) is 15.9 Å². The van der Waals surface area contributed by atoms with Crippen molar-refractivity contribution in [3.8, 4) is 0 Å². The largest absolute Gasteiger partial charge is 0.331 e. The molecule has 0 saturated carbocycles. The molecule has 0 N–H and O–H groups in total. The Morgan fingerprint density at radius 2 is 1.52 bits per heavy atom. The highest BCUT2D eigenvalue weighted by Crippen LogP contribution is 2.29. The third kappa shape index (κ3) is 3.93. The van der Waals surface area contributed by atoms with Gasteiger partial charge < -0.3 is 0 Å². The number of benzene rings is 2. The molecule has 1 unspecified atom stereocenters. The van der Waals surface area contributed by atoms with Gasteiger partial charge in [0.2, 0.25) is 5.91 Å². The highest BCUT2D eigenvalue weighted by atomic mass is 16.2. The minimum atomic E-state index is -0.635. The molecular formula is C25H26N4O2. The number of carbonyl (C=O) groups excluding carboxylic acids is 2. The van der Waals surface area contributed by atoms with Gasteiger partial charge in [0.25, 0.3) is 0 Å². The number of allylic oxidation sites excluding steroid dienone is 1. The van der Waals surface area contributed by atoms with Crippen molar-refractivity contribution in [3.05, 3.63) is 83.6 Å². The Bertz CT molecular complexity index is 1030. The number of hydrogen-bond donors (Lipinski definition) is 0. The topological polar surface area (TPSA) is 65.3 Å². The number of hydrogen-bond acceptors (Lipinski definition) is 4. The lowest BCUT2D eigenvalue weighted by atomic mass is 9.88. The summed E-state index contributed by atoms with van der Waals surface area (Å²) in [5.41, 5.74) is 4.03. The second-order valence-corrected chi connectivity index (χ2v) is 7.90. The predicted octanol–water partition coefficient (Wildman–Crippen LogP) is 4.11. The highest BCUT2D eigenvalue weighted by Gasteiger charge is 2.44. The fraction of sp³-hybridized carbons (Fsp3) is 0.280. The van der Waals surface area contributed by atoms with Gasteiger partial charge in [-0.05, 0) is 30.0 Å². The molecule has 3 amide bonds. The SMILES string of the molecule is CC1=CN=C2C(C(=O)N(C)C(=O)N2C)C1=NCCC(c1ccccc1)c1ccccc1. The lowest BCUT2D eigenvalue weighted by molar-refractivity contribution is -0.128. The molecule has 1 fully saturated rings. The Morgan fingerprint density at radius 3 is 2.10 bits per heavy atom. The predicted molar refractivity (Wildman–Crippen MR) is 122 cm³/mol. The van der Waals surface area contributed by atoms with Crippen molar-refractivity contribution >= 4 is 23.5 Å². The van der Waals surface area contributed by atoms with Crippen LogP contribution in [-0.4, -0.2) is 53.9 Å². The number of imide groups is 1. The second kappa shape index (κ2) is 8.68. The van der Waals surface area contributed by atoms with Crippen LogP contribution in [0.3, 0.4) is 0 Å². The molecule has 6 heteroatoms. The van der Waals surface area contributed by atoms with E-state index < -0.39 is 5.92 Å². The lowest BCUT2D eigenvalue weighted by Gasteiger charge is -2.37.